The van der Waals surface area contributed by atoms with Crippen LogP contribution in [0.5, 0.6) is 0 Å². The molecule has 0 aromatic heterocycles. The van der Waals surface area contributed by atoms with Gasteiger partial charge in [0.05, 0.1) is 0 Å². The Labute approximate surface area is 78.3 Å². The van der Waals surface area contributed by atoms with Crippen molar-refractivity contribution in [2.75, 3.05) is 23.7 Å². The van der Waals surface area contributed by atoms with Gasteiger partial charge in [0.1, 0.15) is 0 Å². The van der Waals surface area contributed by atoms with Crippen molar-refractivity contribution in [3.05, 3.63) is 24.3 Å². The summed E-state index contributed by atoms with van der Waals surface area (Å²) in [6.07, 6.45) is 1.08. The van der Waals surface area contributed by atoms with Gasteiger partial charge in [0.25, 0.3) is 0 Å². The van der Waals surface area contributed by atoms with Crippen LogP contribution in [-0.2, 0) is 0 Å². The van der Waals surface area contributed by atoms with E-state index in [0.717, 1.165) is 25.2 Å². The third-order valence-corrected chi connectivity index (χ3v) is 2.46. The van der Waals surface area contributed by atoms with Gasteiger partial charge in [-0.05, 0) is 24.6 Å². The molecule has 0 bridgehead atoms. The van der Waals surface area contributed by atoms with Crippen molar-refractivity contribution < 1.29 is 0 Å². The molecular weight excluding hydrogens is 162 g/mol. The van der Waals surface area contributed by atoms with Gasteiger partial charge in [-0.2, -0.15) is 0 Å². The summed E-state index contributed by atoms with van der Waals surface area (Å²) < 4.78 is 0. The minimum absolute atomic E-state index is 0.321. The Bertz CT molecular complexity index is 298. The fraction of sp³-hybridized carbons (Fsp3) is 0.400. The third kappa shape index (κ3) is 1.75. The summed E-state index contributed by atoms with van der Waals surface area (Å²) in [7, 11) is 0. The molecule has 0 saturated carbocycles. The van der Waals surface area contributed by atoms with Gasteiger partial charge in [-0.3, -0.25) is 0 Å². The molecule has 70 valence electrons. The van der Waals surface area contributed by atoms with Crippen LogP contribution in [0.15, 0.2) is 24.3 Å². The molecule has 1 heterocycles. The lowest BCUT2D eigenvalue weighted by Crippen LogP contribution is -2.26. The van der Waals surface area contributed by atoms with Crippen molar-refractivity contribution in [3.63, 3.8) is 0 Å². The summed E-state index contributed by atoms with van der Waals surface area (Å²) in [6.45, 7) is 1.99. The van der Waals surface area contributed by atoms with Crippen LogP contribution >= 0.6 is 0 Å². The Morgan fingerprint density at radius 2 is 2.23 bits per heavy atom. The number of hydrogen-bond acceptors (Lipinski definition) is 3. The fourth-order valence-electron chi connectivity index (χ4n) is 1.74. The van der Waals surface area contributed by atoms with E-state index in [1.54, 1.807) is 0 Å². The van der Waals surface area contributed by atoms with Crippen LogP contribution in [0.3, 0.4) is 0 Å². The summed E-state index contributed by atoms with van der Waals surface area (Å²) in [4.78, 5) is 2.28. The maximum absolute atomic E-state index is 5.83. The minimum Gasteiger partial charge on any atom is -0.399 e. The van der Waals surface area contributed by atoms with Gasteiger partial charge in [-0.1, -0.05) is 6.07 Å². The Hall–Kier alpha value is -1.22. The molecule has 1 atom stereocenters. The zero-order chi connectivity index (χ0) is 9.26. The maximum Gasteiger partial charge on any atom is 0.0387 e. The minimum atomic E-state index is 0.321. The molecule has 3 nitrogen and oxygen atoms in total. The zero-order valence-electron chi connectivity index (χ0n) is 7.61. The average molecular weight is 177 g/mol. The van der Waals surface area contributed by atoms with E-state index in [0.29, 0.717) is 6.04 Å². The summed E-state index contributed by atoms with van der Waals surface area (Å²) in [6, 6.07) is 8.28. The van der Waals surface area contributed by atoms with Crippen LogP contribution in [0.25, 0.3) is 0 Å². The molecule has 13 heavy (non-hydrogen) atoms. The molecule has 1 aliphatic heterocycles. The van der Waals surface area contributed by atoms with E-state index in [-0.39, 0.29) is 0 Å². The molecule has 1 aliphatic rings. The molecule has 1 fully saturated rings. The van der Waals surface area contributed by atoms with Crippen LogP contribution in [0.2, 0.25) is 0 Å². The number of anilines is 2. The molecule has 1 aromatic rings. The summed E-state index contributed by atoms with van der Waals surface area (Å²) in [5.74, 6) is 0. The van der Waals surface area contributed by atoms with Crippen LogP contribution in [-0.4, -0.2) is 19.1 Å². The highest BCUT2D eigenvalue weighted by Crippen LogP contribution is 2.21. The Morgan fingerprint density at radius 3 is 2.85 bits per heavy atom. The largest absolute Gasteiger partial charge is 0.399 e. The lowest BCUT2D eigenvalue weighted by molar-refractivity contribution is 0.752. The quantitative estimate of drug-likeness (QED) is 0.624. The topological polar surface area (TPSA) is 55.3 Å². The van der Waals surface area contributed by atoms with Crippen LogP contribution in [0.1, 0.15) is 6.42 Å². The molecule has 1 aromatic carbocycles. The van der Waals surface area contributed by atoms with Gasteiger partial charge in [-0.15, -0.1) is 0 Å². The van der Waals surface area contributed by atoms with Crippen molar-refractivity contribution in [1.29, 1.82) is 0 Å². The van der Waals surface area contributed by atoms with Gasteiger partial charge in [0.15, 0.2) is 0 Å². The number of benzene rings is 1. The Kier molecular flexibility index (Phi) is 2.10. The number of rotatable bonds is 1. The van der Waals surface area contributed by atoms with Gasteiger partial charge in [0.2, 0.25) is 0 Å². The lowest BCUT2D eigenvalue weighted by Gasteiger charge is -2.18. The van der Waals surface area contributed by atoms with Gasteiger partial charge in [0, 0.05) is 30.5 Å². The molecule has 4 N–H and O–H groups in total. The standard InChI is InChI=1S/C10H15N3/c11-8-2-1-3-10(6-8)13-5-4-9(12)7-13/h1-3,6,9H,4-5,7,11-12H2. The molecule has 2 rings (SSSR count). The first-order valence-electron chi connectivity index (χ1n) is 4.62. The van der Waals surface area contributed by atoms with E-state index in [1.807, 2.05) is 18.2 Å². The van der Waals surface area contributed by atoms with Crippen molar-refractivity contribution in [2.24, 2.45) is 5.73 Å². The van der Waals surface area contributed by atoms with Crippen molar-refractivity contribution in [2.45, 2.75) is 12.5 Å². The highest BCUT2D eigenvalue weighted by Gasteiger charge is 2.18. The second-order valence-corrected chi connectivity index (χ2v) is 3.59. The SMILES string of the molecule is Nc1cccc(N2CCC(N)C2)c1. The molecule has 1 saturated heterocycles. The molecule has 1 unspecified atom stereocenters. The summed E-state index contributed by atoms with van der Waals surface area (Å²) >= 11 is 0. The number of nitrogens with zero attached hydrogens (tertiary/aromatic N) is 1. The first-order valence-corrected chi connectivity index (χ1v) is 4.62. The molecule has 0 aliphatic carbocycles. The fourth-order valence-corrected chi connectivity index (χ4v) is 1.74. The first-order chi connectivity index (χ1) is 6.25. The van der Waals surface area contributed by atoms with E-state index < -0.39 is 0 Å². The highest BCUT2D eigenvalue weighted by molar-refractivity contribution is 5.56. The normalized spacial score (nSPS) is 22.2. The molecule has 0 radical (unpaired) electrons. The number of nitrogen functional groups attached to an aromatic ring is 1. The van der Waals surface area contributed by atoms with Crippen molar-refractivity contribution in [1.82, 2.24) is 0 Å². The van der Waals surface area contributed by atoms with Crippen LogP contribution in [0.4, 0.5) is 11.4 Å². The third-order valence-electron chi connectivity index (χ3n) is 2.46. The molecule has 0 amide bonds. The maximum atomic E-state index is 5.83. The average Bonchev–Trinajstić information content (AvgIpc) is 2.52. The zero-order valence-corrected chi connectivity index (χ0v) is 7.61. The number of nitrogens with two attached hydrogens (primary N) is 2. The van der Waals surface area contributed by atoms with Crippen LogP contribution < -0.4 is 16.4 Å². The molecule has 0 spiro atoms. The van der Waals surface area contributed by atoms with Crippen LogP contribution in [0, 0.1) is 0 Å². The van der Waals surface area contributed by atoms with Gasteiger partial charge < -0.3 is 16.4 Å². The first kappa shape index (κ1) is 8.38. The van der Waals surface area contributed by atoms with E-state index in [1.165, 1.54) is 5.69 Å². The monoisotopic (exact) mass is 177 g/mol. The summed E-state index contributed by atoms with van der Waals surface area (Å²) in [5, 5.41) is 0. The smallest absolute Gasteiger partial charge is 0.0387 e. The second-order valence-electron chi connectivity index (χ2n) is 3.59. The second kappa shape index (κ2) is 3.26. The summed E-state index contributed by atoms with van der Waals surface area (Å²) in [5.41, 5.74) is 13.5. The molecular formula is C10H15N3. The van der Waals surface area contributed by atoms with E-state index >= 15 is 0 Å². The van der Waals surface area contributed by atoms with E-state index in [9.17, 15) is 0 Å². The Balaban J connectivity index is 2.16. The van der Waals surface area contributed by atoms with E-state index in [2.05, 4.69) is 11.0 Å². The van der Waals surface area contributed by atoms with Gasteiger partial charge >= 0.3 is 0 Å². The molecule has 3 heteroatoms. The predicted octanol–water partition coefficient (Wildman–Crippen LogP) is 0.806. The van der Waals surface area contributed by atoms with Crippen molar-refractivity contribution in [3.8, 4) is 0 Å². The number of hydrogen-bond donors (Lipinski definition) is 2. The van der Waals surface area contributed by atoms with Crippen molar-refractivity contribution >= 4 is 11.4 Å². The lowest BCUT2D eigenvalue weighted by atomic mass is 10.2. The highest BCUT2D eigenvalue weighted by atomic mass is 15.2. The predicted molar refractivity (Wildman–Crippen MR) is 55.7 cm³/mol. The van der Waals surface area contributed by atoms with E-state index in [4.69, 9.17) is 11.5 Å². The van der Waals surface area contributed by atoms with Gasteiger partial charge in [-0.25, -0.2) is 0 Å². The Morgan fingerprint density at radius 1 is 1.38 bits per heavy atom.